The smallest absolute Gasteiger partial charge is 0.258 e. The second-order valence-corrected chi connectivity index (χ2v) is 8.65. The number of halogens is 1. The van der Waals surface area contributed by atoms with Crippen LogP contribution in [-0.2, 0) is 0 Å². The first kappa shape index (κ1) is 22.7. The lowest BCUT2D eigenvalue weighted by Gasteiger charge is -2.37. The molecular weight excluding hydrogens is 463 g/mol. The Morgan fingerprint density at radius 3 is 2.49 bits per heavy atom. The van der Waals surface area contributed by atoms with Crippen molar-refractivity contribution in [3.63, 3.8) is 0 Å². The predicted octanol–water partition coefficient (Wildman–Crippen LogP) is 6.06. The van der Waals surface area contributed by atoms with E-state index in [1.807, 2.05) is 67.3 Å². The number of hydrogen-bond acceptors (Lipinski definition) is 5. The SMILES string of the molecule is COc1cccc(C2NC(=S)N(c3ccc(C)cc3)C(C)=C2c2nc(-c3ccc(F)cc3)no2)c1. The summed E-state index contributed by atoms with van der Waals surface area (Å²) in [6.45, 7) is 4.02. The van der Waals surface area contributed by atoms with Crippen molar-refractivity contribution in [3.8, 4) is 17.1 Å². The highest BCUT2D eigenvalue weighted by Gasteiger charge is 2.35. The van der Waals surface area contributed by atoms with Gasteiger partial charge < -0.3 is 14.6 Å². The highest BCUT2D eigenvalue weighted by atomic mass is 32.1. The van der Waals surface area contributed by atoms with Gasteiger partial charge in [-0.25, -0.2) is 4.39 Å². The number of ether oxygens (including phenoxy) is 1. The van der Waals surface area contributed by atoms with Crippen molar-refractivity contribution in [2.75, 3.05) is 12.0 Å². The molecule has 0 spiro atoms. The van der Waals surface area contributed by atoms with Gasteiger partial charge in [-0.3, -0.25) is 4.90 Å². The van der Waals surface area contributed by atoms with E-state index >= 15 is 0 Å². The van der Waals surface area contributed by atoms with Crippen LogP contribution in [0.5, 0.6) is 5.75 Å². The lowest BCUT2D eigenvalue weighted by Crippen LogP contribution is -2.46. The molecule has 176 valence electrons. The van der Waals surface area contributed by atoms with E-state index in [1.54, 1.807) is 19.2 Å². The topological polar surface area (TPSA) is 63.4 Å². The lowest BCUT2D eigenvalue weighted by molar-refractivity contribution is 0.403. The summed E-state index contributed by atoms with van der Waals surface area (Å²) >= 11 is 5.80. The van der Waals surface area contributed by atoms with E-state index < -0.39 is 0 Å². The van der Waals surface area contributed by atoms with E-state index in [1.165, 1.54) is 12.1 Å². The fourth-order valence-electron chi connectivity index (χ4n) is 4.14. The molecule has 1 aliphatic heterocycles. The lowest BCUT2D eigenvalue weighted by atomic mass is 9.94. The van der Waals surface area contributed by atoms with Crippen LogP contribution in [0.1, 0.15) is 30.0 Å². The van der Waals surface area contributed by atoms with Crippen LogP contribution in [0.4, 0.5) is 10.1 Å². The third kappa shape index (κ3) is 4.40. The monoisotopic (exact) mass is 486 g/mol. The zero-order valence-corrected chi connectivity index (χ0v) is 20.3. The average molecular weight is 487 g/mol. The quantitative estimate of drug-likeness (QED) is 0.344. The van der Waals surface area contributed by atoms with Crippen molar-refractivity contribution >= 4 is 28.6 Å². The molecule has 1 unspecified atom stereocenters. The number of anilines is 1. The van der Waals surface area contributed by atoms with Crippen LogP contribution >= 0.6 is 12.2 Å². The first-order chi connectivity index (χ1) is 16.9. The molecule has 0 saturated carbocycles. The minimum absolute atomic E-state index is 0.326. The molecule has 0 amide bonds. The Morgan fingerprint density at radius 1 is 1.03 bits per heavy atom. The van der Waals surface area contributed by atoms with E-state index in [9.17, 15) is 4.39 Å². The van der Waals surface area contributed by atoms with Crippen LogP contribution < -0.4 is 15.0 Å². The summed E-state index contributed by atoms with van der Waals surface area (Å²) in [5, 5.41) is 8.18. The summed E-state index contributed by atoms with van der Waals surface area (Å²) < 4.78 is 24.6. The molecule has 6 nitrogen and oxygen atoms in total. The number of methoxy groups -OCH3 is 1. The number of aryl methyl sites for hydroxylation is 1. The van der Waals surface area contributed by atoms with Gasteiger partial charge in [0.2, 0.25) is 5.82 Å². The number of rotatable bonds is 5. The third-order valence-electron chi connectivity index (χ3n) is 5.96. The Labute approximate surface area is 208 Å². The summed E-state index contributed by atoms with van der Waals surface area (Å²) in [7, 11) is 1.63. The Hall–Kier alpha value is -4.04. The first-order valence-electron chi connectivity index (χ1n) is 11.1. The predicted molar refractivity (Wildman–Crippen MR) is 137 cm³/mol. The van der Waals surface area contributed by atoms with Gasteiger partial charge in [-0.05, 0) is 80.2 Å². The number of nitrogens with zero attached hydrogens (tertiary/aromatic N) is 3. The number of aromatic nitrogens is 2. The van der Waals surface area contributed by atoms with Gasteiger partial charge in [0.1, 0.15) is 11.6 Å². The van der Waals surface area contributed by atoms with Crippen molar-refractivity contribution in [2.45, 2.75) is 19.9 Å². The molecule has 2 heterocycles. The summed E-state index contributed by atoms with van der Waals surface area (Å²) in [5.74, 6) is 1.13. The zero-order valence-electron chi connectivity index (χ0n) is 19.4. The molecule has 0 bridgehead atoms. The number of hydrogen-bond donors (Lipinski definition) is 1. The van der Waals surface area contributed by atoms with E-state index in [2.05, 4.69) is 15.5 Å². The molecule has 1 atom stereocenters. The van der Waals surface area contributed by atoms with Crippen molar-refractivity contribution in [3.05, 3.63) is 101 Å². The molecule has 5 rings (SSSR count). The molecule has 1 aliphatic rings. The van der Waals surface area contributed by atoms with Crippen molar-refractivity contribution in [2.24, 2.45) is 0 Å². The standard InChI is InChI=1S/C27H23FN4O2S/c1-16-7-13-21(14-8-16)32-17(2)23(24(29-27(32)35)19-5-4-6-22(15-19)33-3)26-30-25(31-34-26)18-9-11-20(28)12-10-18/h4-15,24H,1-3H3,(H,29,35). The summed E-state index contributed by atoms with van der Waals surface area (Å²) in [6, 6.07) is 21.5. The van der Waals surface area contributed by atoms with Gasteiger partial charge in [-0.15, -0.1) is 0 Å². The normalized spacial score (nSPS) is 15.8. The first-order valence-corrected chi connectivity index (χ1v) is 11.5. The minimum atomic E-state index is -0.346. The van der Waals surface area contributed by atoms with Gasteiger partial charge in [0.25, 0.3) is 5.89 Å². The van der Waals surface area contributed by atoms with Crippen molar-refractivity contribution < 1.29 is 13.7 Å². The maximum atomic E-state index is 13.4. The van der Waals surface area contributed by atoms with E-state index in [0.717, 1.165) is 33.8 Å². The molecule has 1 N–H and O–H groups in total. The maximum Gasteiger partial charge on any atom is 0.258 e. The summed E-state index contributed by atoms with van der Waals surface area (Å²) in [6.07, 6.45) is 0. The molecule has 4 aromatic rings. The fraction of sp³-hybridized carbons (Fsp3) is 0.148. The number of allylic oxidation sites excluding steroid dienone is 1. The molecule has 8 heteroatoms. The van der Waals surface area contributed by atoms with E-state index in [4.69, 9.17) is 21.5 Å². The van der Waals surface area contributed by atoms with Crippen LogP contribution in [0, 0.1) is 12.7 Å². The van der Waals surface area contributed by atoms with Gasteiger partial charge in [-0.1, -0.05) is 35.0 Å². The van der Waals surface area contributed by atoms with Gasteiger partial charge in [0.05, 0.1) is 18.7 Å². The largest absolute Gasteiger partial charge is 0.497 e. The van der Waals surface area contributed by atoms with Gasteiger partial charge in [-0.2, -0.15) is 4.98 Å². The Kier molecular flexibility index (Phi) is 6.05. The van der Waals surface area contributed by atoms with E-state index in [-0.39, 0.29) is 11.9 Å². The Morgan fingerprint density at radius 2 is 1.77 bits per heavy atom. The minimum Gasteiger partial charge on any atom is -0.497 e. The fourth-order valence-corrected chi connectivity index (χ4v) is 4.51. The summed E-state index contributed by atoms with van der Waals surface area (Å²) in [4.78, 5) is 6.63. The molecule has 35 heavy (non-hydrogen) atoms. The highest BCUT2D eigenvalue weighted by molar-refractivity contribution is 7.80. The molecule has 0 aliphatic carbocycles. The molecule has 1 aromatic heterocycles. The Balaban J connectivity index is 1.65. The number of thiocarbonyl (C=S) groups is 1. The van der Waals surface area contributed by atoms with Crippen LogP contribution in [0.25, 0.3) is 17.0 Å². The van der Waals surface area contributed by atoms with Gasteiger partial charge in [0, 0.05) is 16.9 Å². The van der Waals surface area contributed by atoms with Crippen LogP contribution in [-0.4, -0.2) is 22.4 Å². The Bertz CT molecular complexity index is 1410. The van der Waals surface area contributed by atoms with Crippen molar-refractivity contribution in [1.29, 1.82) is 0 Å². The molecule has 0 saturated heterocycles. The van der Waals surface area contributed by atoms with E-state index in [0.29, 0.717) is 22.4 Å². The van der Waals surface area contributed by atoms with Crippen LogP contribution in [0.2, 0.25) is 0 Å². The summed E-state index contributed by atoms with van der Waals surface area (Å²) in [5.41, 5.74) is 5.32. The third-order valence-corrected chi connectivity index (χ3v) is 6.26. The maximum absolute atomic E-state index is 13.4. The second kappa shape index (κ2) is 9.31. The van der Waals surface area contributed by atoms with Gasteiger partial charge >= 0.3 is 0 Å². The molecule has 0 radical (unpaired) electrons. The van der Waals surface area contributed by atoms with Crippen molar-refractivity contribution in [1.82, 2.24) is 15.5 Å². The molecule has 0 fully saturated rings. The highest BCUT2D eigenvalue weighted by Crippen LogP contribution is 2.39. The number of benzene rings is 3. The van der Waals surface area contributed by atoms with Gasteiger partial charge in [0.15, 0.2) is 5.11 Å². The molecular formula is C27H23FN4O2S. The molecule has 3 aromatic carbocycles. The van der Waals surface area contributed by atoms with Crippen LogP contribution in [0.15, 0.2) is 83.0 Å². The van der Waals surface area contributed by atoms with Crippen LogP contribution in [0.3, 0.4) is 0 Å². The number of nitrogens with one attached hydrogen (secondary N) is 1. The average Bonchev–Trinajstić information content (AvgIpc) is 3.35. The second-order valence-electron chi connectivity index (χ2n) is 8.26. The zero-order chi connectivity index (χ0) is 24.5.